The van der Waals surface area contributed by atoms with Gasteiger partial charge in [-0.1, -0.05) is 18.2 Å². The lowest BCUT2D eigenvalue weighted by Crippen LogP contribution is -2.44. The van der Waals surface area contributed by atoms with E-state index in [1.165, 1.54) is 13.0 Å². The summed E-state index contributed by atoms with van der Waals surface area (Å²) in [5.74, 6) is -2.39. The van der Waals surface area contributed by atoms with E-state index in [0.29, 0.717) is 12.6 Å². The first-order valence-electron chi connectivity index (χ1n) is 8.09. The number of carbonyl (C=O) groups excluding carboxylic acids is 2. The van der Waals surface area contributed by atoms with E-state index in [4.69, 9.17) is 0 Å². The molecule has 0 atom stereocenters. The Balaban J connectivity index is 1.86. The van der Waals surface area contributed by atoms with Crippen molar-refractivity contribution in [3.8, 4) is 0 Å². The third-order valence-electron chi connectivity index (χ3n) is 4.29. The van der Waals surface area contributed by atoms with Crippen molar-refractivity contribution < 1.29 is 18.4 Å². The van der Waals surface area contributed by atoms with Gasteiger partial charge in [0, 0.05) is 25.2 Å². The number of aryl methyl sites for hydroxylation is 1. The van der Waals surface area contributed by atoms with Gasteiger partial charge >= 0.3 is 0 Å². The number of halogens is 2. The molecule has 0 saturated carbocycles. The largest absolute Gasteiger partial charge is 0.311 e. The highest BCUT2D eigenvalue weighted by atomic mass is 19.1. The number of hydrogen-bond donors (Lipinski definition) is 0. The Kier molecular flexibility index (Phi) is 4.79. The standard InChI is InChI=1S/C19H18F2N2O2/c1-13(24)23(18-9-8-15(20)11-16(18)21)12-19(25)22-10-4-6-14-5-2-3-7-17(14)22/h2-3,5,7-9,11H,4,6,10,12H2,1H3. The maximum Gasteiger partial charge on any atom is 0.247 e. The van der Waals surface area contributed by atoms with Crippen molar-refractivity contribution >= 4 is 23.2 Å². The number of rotatable bonds is 3. The quantitative estimate of drug-likeness (QED) is 0.857. The molecule has 2 aromatic rings. The smallest absolute Gasteiger partial charge is 0.247 e. The monoisotopic (exact) mass is 344 g/mol. The summed E-state index contributed by atoms with van der Waals surface area (Å²) in [5.41, 5.74) is 1.79. The van der Waals surface area contributed by atoms with Crippen LogP contribution in [0.4, 0.5) is 20.2 Å². The minimum absolute atomic E-state index is 0.104. The Morgan fingerprint density at radius 2 is 1.92 bits per heavy atom. The molecule has 130 valence electrons. The Morgan fingerprint density at radius 1 is 1.16 bits per heavy atom. The Bertz CT molecular complexity index is 823. The number of hydrogen-bond acceptors (Lipinski definition) is 2. The summed E-state index contributed by atoms with van der Waals surface area (Å²) in [6, 6.07) is 10.5. The molecule has 0 spiro atoms. The maximum absolute atomic E-state index is 14.0. The van der Waals surface area contributed by atoms with Crippen LogP contribution in [0.25, 0.3) is 0 Å². The second-order valence-corrected chi connectivity index (χ2v) is 5.98. The van der Waals surface area contributed by atoms with E-state index in [1.807, 2.05) is 24.3 Å². The fraction of sp³-hybridized carbons (Fsp3) is 0.263. The van der Waals surface area contributed by atoms with Crippen LogP contribution in [0.2, 0.25) is 0 Å². The lowest BCUT2D eigenvalue weighted by Gasteiger charge is -2.31. The lowest BCUT2D eigenvalue weighted by molar-refractivity contribution is -0.121. The van der Waals surface area contributed by atoms with Crippen molar-refractivity contribution in [2.45, 2.75) is 19.8 Å². The molecule has 4 nitrogen and oxygen atoms in total. The van der Waals surface area contributed by atoms with Crippen molar-refractivity contribution in [3.05, 3.63) is 59.7 Å². The minimum atomic E-state index is -0.873. The lowest BCUT2D eigenvalue weighted by atomic mass is 10.0. The number of nitrogens with zero attached hydrogens (tertiary/aromatic N) is 2. The number of fused-ring (bicyclic) bond motifs is 1. The van der Waals surface area contributed by atoms with Gasteiger partial charge in [0.25, 0.3) is 0 Å². The normalized spacial score (nSPS) is 13.3. The van der Waals surface area contributed by atoms with Gasteiger partial charge in [-0.2, -0.15) is 0 Å². The summed E-state index contributed by atoms with van der Waals surface area (Å²) in [7, 11) is 0. The molecule has 0 bridgehead atoms. The first-order chi connectivity index (χ1) is 12.0. The molecule has 0 radical (unpaired) electrons. The zero-order chi connectivity index (χ0) is 18.0. The number of anilines is 2. The first kappa shape index (κ1) is 17.1. The van der Waals surface area contributed by atoms with E-state index in [-0.39, 0.29) is 18.1 Å². The SMILES string of the molecule is CC(=O)N(CC(=O)N1CCCc2ccccc21)c1ccc(F)cc1F. The van der Waals surface area contributed by atoms with Crippen LogP contribution in [-0.4, -0.2) is 24.9 Å². The molecule has 0 aliphatic carbocycles. The van der Waals surface area contributed by atoms with Crippen molar-refractivity contribution in [2.24, 2.45) is 0 Å². The molecule has 1 aliphatic heterocycles. The van der Waals surface area contributed by atoms with E-state index in [0.717, 1.165) is 35.1 Å². The van der Waals surface area contributed by atoms with Crippen LogP contribution in [0.3, 0.4) is 0 Å². The highest BCUT2D eigenvalue weighted by Crippen LogP contribution is 2.27. The molecule has 1 heterocycles. The summed E-state index contributed by atoms with van der Waals surface area (Å²) >= 11 is 0. The van der Waals surface area contributed by atoms with Crippen LogP contribution >= 0.6 is 0 Å². The second-order valence-electron chi connectivity index (χ2n) is 5.98. The molecule has 0 fully saturated rings. The van der Waals surface area contributed by atoms with Gasteiger partial charge in [0.15, 0.2) is 0 Å². The van der Waals surface area contributed by atoms with E-state index in [9.17, 15) is 18.4 Å². The van der Waals surface area contributed by atoms with Crippen LogP contribution in [0.1, 0.15) is 18.9 Å². The van der Waals surface area contributed by atoms with Gasteiger partial charge in [-0.25, -0.2) is 8.78 Å². The molecule has 0 saturated heterocycles. The molecule has 0 aromatic heterocycles. The van der Waals surface area contributed by atoms with Gasteiger partial charge in [-0.15, -0.1) is 0 Å². The predicted molar refractivity (Wildman–Crippen MR) is 91.5 cm³/mol. The molecular formula is C19H18F2N2O2. The van der Waals surface area contributed by atoms with Crippen molar-refractivity contribution in [3.63, 3.8) is 0 Å². The number of amides is 2. The second kappa shape index (κ2) is 7.01. The highest BCUT2D eigenvalue weighted by Gasteiger charge is 2.26. The fourth-order valence-corrected chi connectivity index (χ4v) is 3.08. The zero-order valence-corrected chi connectivity index (χ0v) is 13.8. The fourth-order valence-electron chi connectivity index (χ4n) is 3.08. The Labute approximate surface area is 144 Å². The summed E-state index contributed by atoms with van der Waals surface area (Å²) in [5, 5.41) is 0. The number of benzene rings is 2. The van der Waals surface area contributed by atoms with E-state index >= 15 is 0 Å². The summed E-state index contributed by atoms with van der Waals surface area (Å²) in [6.45, 7) is 1.50. The summed E-state index contributed by atoms with van der Waals surface area (Å²) in [6.07, 6.45) is 1.72. The van der Waals surface area contributed by atoms with Gasteiger partial charge in [0.1, 0.15) is 18.2 Å². The van der Waals surface area contributed by atoms with Crippen molar-refractivity contribution in [1.29, 1.82) is 0 Å². The summed E-state index contributed by atoms with van der Waals surface area (Å²) < 4.78 is 27.1. The highest BCUT2D eigenvalue weighted by molar-refractivity contribution is 6.03. The van der Waals surface area contributed by atoms with Gasteiger partial charge in [0.2, 0.25) is 11.8 Å². The maximum atomic E-state index is 14.0. The molecular weight excluding hydrogens is 326 g/mol. The van der Waals surface area contributed by atoms with Gasteiger partial charge in [0.05, 0.1) is 5.69 Å². The molecule has 2 amide bonds. The molecule has 6 heteroatoms. The van der Waals surface area contributed by atoms with E-state index in [2.05, 4.69) is 0 Å². The van der Waals surface area contributed by atoms with Crippen LogP contribution in [0, 0.1) is 11.6 Å². The molecule has 0 N–H and O–H groups in total. The number of para-hydroxylation sites is 1. The van der Waals surface area contributed by atoms with Crippen molar-refractivity contribution in [2.75, 3.05) is 22.9 Å². The Morgan fingerprint density at radius 3 is 2.64 bits per heavy atom. The number of carbonyl (C=O) groups is 2. The molecule has 1 aliphatic rings. The van der Waals surface area contributed by atoms with Crippen LogP contribution in [0.5, 0.6) is 0 Å². The van der Waals surface area contributed by atoms with Gasteiger partial charge in [-0.3, -0.25) is 9.59 Å². The topological polar surface area (TPSA) is 40.6 Å². The molecule has 2 aromatic carbocycles. The molecule has 25 heavy (non-hydrogen) atoms. The molecule has 3 rings (SSSR count). The van der Waals surface area contributed by atoms with Crippen LogP contribution < -0.4 is 9.80 Å². The van der Waals surface area contributed by atoms with Gasteiger partial charge < -0.3 is 9.80 Å². The van der Waals surface area contributed by atoms with E-state index in [1.54, 1.807) is 4.90 Å². The summed E-state index contributed by atoms with van der Waals surface area (Å²) in [4.78, 5) is 27.4. The third kappa shape index (κ3) is 3.52. The zero-order valence-electron chi connectivity index (χ0n) is 13.8. The average molecular weight is 344 g/mol. The Hall–Kier alpha value is -2.76. The average Bonchev–Trinajstić information content (AvgIpc) is 2.59. The predicted octanol–water partition coefficient (Wildman–Crippen LogP) is 3.30. The van der Waals surface area contributed by atoms with Crippen molar-refractivity contribution in [1.82, 2.24) is 0 Å². The van der Waals surface area contributed by atoms with Crippen LogP contribution in [0.15, 0.2) is 42.5 Å². The molecule has 0 unspecified atom stereocenters. The first-order valence-corrected chi connectivity index (χ1v) is 8.09. The third-order valence-corrected chi connectivity index (χ3v) is 4.29. The van der Waals surface area contributed by atoms with Crippen LogP contribution in [-0.2, 0) is 16.0 Å². The minimum Gasteiger partial charge on any atom is -0.311 e. The van der Waals surface area contributed by atoms with E-state index < -0.39 is 17.5 Å². The van der Waals surface area contributed by atoms with Gasteiger partial charge in [-0.05, 0) is 36.6 Å².